The summed E-state index contributed by atoms with van der Waals surface area (Å²) in [5.74, 6) is -2.26. The van der Waals surface area contributed by atoms with Gasteiger partial charge in [0.05, 0.1) is 10.8 Å². The van der Waals surface area contributed by atoms with E-state index in [-0.39, 0.29) is 23.1 Å². The lowest BCUT2D eigenvalue weighted by molar-refractivity contribution is -0.384. The summed E-state index contributed by atoms with van der Waals surface area (Å²) in [6, 6.07) is 16.4. The zero-order chi connectivity index (χ0) is 27.3. The lowest BCUT2D eigenvalue weighted by Crippen LogP contribution is -2.55. The molecule has 2 spiro atoms. The number of fused-ring (bicyclic) bond motifs is 7. The Hall–Kier alpha value is -4.37. The van der Waals surface area contributed by atoms with Gasteiger partial charge in [-0.15, -0.1) is 0 Å². The zero-order valence-corrected chi connectivity index (χ0v) is 21.5. The van der Waals surface area contributed by atoms with Crippen LogP contribution in [-0.2, 0) is 20.5 Å². The van der Waals surface area contributed by atoms with Crippen LogP contribution in [0.3, 0.4) is 0 Å². The number of para-hydroxylation sites is 1. The highest BCUT2D eigenvalue weighted by atomic mass is 16.6. The molecule has 196 valence electrons. The maximum absolute atomic E-state index is 14.8. The van der Waals surface area contributed by atoms with Gasteiger partial charge in [-0.1, -0.05) is 42.5 Å². The maximum atomic E-state index is 14.8. The van der Waals surface area contributed by atoms with Crippen molar-refractivity contribution in [2.24, 2.45) is 5.92 Å². The fraction of sp³-hybridized carbons (Fsp3) is 0.300. The summed E-state index contributed by atoms with van der Waals surface area (Å²) in [6.07, 6.45) is 1.41. The molecule has 4 aliphatic rings. The van der Waals surface area contributed by atoms with Crippen molar-refractivity contribution in [3.05, 3.63) is 98.6 Å². The van der Waals surface area contributed by atoms with Gasteiger partial charge >= 0.3 is 0 Å². The molecule has 2 fully saturated rings. The molecule has 2 saturated heterocycles. The van der Waals surface area contributed by atoms with E-state index in [1.807, 2.05) is 50.2 Å². The third-order valence-corrected chi connectivity index (χ3v) is 9.44. The Labute approximate surface area is 224 Å². The molecule has 0 radical (unpaired) electrons. The van der Waals surface area contributed by atoms with E-state index in [1.54, 1.807) is 0 Å². The minimum absolute atomic E-state index is 0.108. The van der Waals surface area contributed by atoms with Crippen molar-refractivity contribution in [3.8, 4) is 0 Å². The second kappa shape index (κ2) is 7.83. The minimum atomic E-state index is -1.45. The monoisotopic (exact) mass is 522 g/mol. The van der Waals surface area contributed by atoms with Gasteiger partial charge in [-0.2, -0.15) is 0 Å². The number of nitrogens with one attached hydrogen (secondary N) is 2. The summed E-state index contributed by atoms with van der Waals surface area (Å²) >= 11 is 0. The second-order valence-corrected chi connectivity index (χ2v) is 11.0. The molecule has 39 heavy (non-hydrogen) atoms. The molecule has 7 rings (SSSR count). The number of Topliss-reactive ketones (excluding diaryl/α,β-unsaturated/α-hetero) is 1. The largest absolute Gasteiger partial charge is 0.325 e. The summed E-state index contributed by atoms with van der Waals surface area (Å²) in [6.45, 7) is 4.45. The first-order chi connectivity index (χ1) is 18.7. The summed E-state index contributed by atoms with van der Waals surface area (Å²) in [5.41, 5.74) is 1.66. The Balaban J connectivity index is 1.58. The quantitative estimate of drug-likeness (QED) is 0.302. The van der Waals surface area contributed by atoms with Gasteiger partial charge in [-0.05, 0) is 56.0 Å². The van der Waals surface area contributed by atoms with E-state index < -0.39 is 33.6 Å². The van der Waals surface area contributed by atoms with Gasteiger partial charge in [0.1, 0.15) is 11.0 Å². The number of carbonyl (C=O) groups excluding carboxylic acids is 3. The molecule has 0 saturated carbocycles. The van der Waals surface area contributed by atoms with Crippen LogP contribution in [0.15, 0.2) is 60.7 Å². The maximum Gasteiger partial charge on any atom is 0.270 e. The molecule has 3 aromatic carbocycles. The fourth-order valence-electron chi connectivity index (χ4n) is 7.80. The summed E-state index contributed by atoms with van der Waals surface area (Å²) < 4.78 is 0. The lowest BCUT2D eigenvalue weighted by Gasteiger charge is -2.38. The molecule has 3 aromatic rings. The normalized spacial score (nSPS) is 28.4. The van der Waals surface area contributed by atoms with E-state index in [2.05, 4.69) is 15.5 Å². The summed E-state index contributed by atoms with van der Waals surface area (Å²) in [7, 11) is 0. The number of hydrogen-bond acceptors (Lipinski definition) is 6. The first-order valence-corrected chi connectivity index (χ1v) is 13.1. The molecule has 9 heteroatoms. The summed E-state index contributed by atoms with van der Waals surface area (Å²) in [5, 5.41) is 17.7. The molecule has 2 N–H and O–H groups in total. The number of aryl methyl sites for hydroxylation is 1. The van der Waals surface area contributed by atoms with Crippen LogP contribution in [0.1, 0.15) is 45.5 Å². The number of benzene rings is 3. The van der Waals surface area contributed by atoms with Crippen molar-refractivity contribution in [3.63, 3.8) is 0 Å². The molecule has 4 heterocycles. The number of ketones is 1. The zero-order valence-electron chi connectivity index (χ0n) is 21.5. The number of nitro groups is 1. The van der Waals surface area contributed by atoms with E-state index in [4.69, 9.17) is 0 Å². The van der Waals surface area contributed by atoms with Crippen molar-refractivity contribution in [1.29, 1.82) is 0 Å². The Morgan fingerprint density at radius 3 is 2.59 bits per heavy atom. The highest BCUT2D eigenvalue weighted by Crippen LogP contribution is 2.66. The van der Waals surface area contributed by atoms with Crippen LogP contribution in [0.4, 0.5) is 17.1 Å². The molecule has 0 aromatic heterocycles. The number of carbonyl (C=O) groups is 3. The standard InChI is InChI=1S/C30H26N4O5/c1-16-12-13-21-24(17(16)2)32-28(37)30(21)26(25(35)18-7-5-8-19(15-18)34(38)39)29(23-11-6-14-33(23)30)20-9-3-4-10-22(20)31-27(29)36/h3-5,7-10,12-13,15,23,26H,6,11,14H2,1-2H3,(H,31,36)(H,32,37)/t23-,26+,29-,30-/m0/s1. The second-order valence-electron chi connectivity index (χ2n) is 11.0. The smallest absolute Gasteiger partial charge is 0.270 e. The number of nitrogens with zero attached hydrogens (tertiary/aromatic N) is 2. The SMILES string of the molecule is Cc1ccc2c(c1C)NC(=O)[C@@]21[C@H](C(=O)c2cccc([N+](=O)[O-])c2)[C@@]2(C(=O)Nc3ccccc32)[C@@H]2CCCN21. The van der Waals surface area contributed by atoms with Gasteiger partial charge in [0, 0.05) is 40.7 Å². The highest BCUT2D eigenvalue weighted by Gasteiger charge is 2.78. The van der Waals surface area contributed by atoms with Gasteiger partial charge in [-0.3, -0.25) is 29.4 Å². The van der Waals surface area contributed by atoms with Gasteiger partial charge in [0.25, 0.3) is 5.69 Å². The Morgan fingerprint density at radius 2 is 1.79 bits per heavy atom. The molecule has 0 bridgehead atoms. The van der Waals surface area contributed by atoms with Gasteiger partial charge in [0.15, 0.2) is 5.78 Å². The first-order valence-electron chi connectivity index (χ1n) is 13.1. The molecule has 0 unspecified atom stereocenters. The van der Waals surface area contributed by atoms with Crippen LogP contribution < -0.4 is 10.6 Å². The average molecular weight is 523 g/mol. The molecule has 4 atom stereocenters. The van der Waals surface area contributed by atoms with E-state index in [9.17, 15) is 24.5 Å². The average Bonchev–Trinajstić information content (AvgIpc) is 3.65. The van der Waals surface area contributed by atoms with E-state index >= 15 is 0 Å². The van der Waals surface area contributed by atoms with E-state index in [0.717, 1.165) is 17.5 Å². The fourth-order valence-corrected chi connectivity index (χ4v) is 7.80. The summed E-state index contributed by atoms with van der Waals surface area (Å²) in [4.78, 5) is 56.6. The minimum Gasteiger partial charge on any atom is -0.325 e. The highest BCUT2D eigenvalue weighted by molar-refractivity contribution is 6.19. The number of amides is 2. The molecular formula is C30H26N4O5. The number of rotatable bonds is 3. The van der Waals surface area contributed by atoms with Crippen LogP contribution >= 0.6 is 0 Å². The lowest BCUT2D eigenvalue weighted by atomic mass is 9.60. The van der Waals surface area contributed by atoms with Crippen molar-refractivity contribution >= 4 is 34.7 Å². The van der Waals surface area contributed by atoms with Gasteiger partial charge in [-0.25, -0.2) is 0 Å². The predicted molar refractivity (Wildman–Crippen MR) is 144 cm³/mol. The van der Waals surface area contributed by atoms with Crippen LogP contribution in [0.5, 0.6) is 0 Å². The number of non-ortho nitro benzene ring substituents is 1. The number of hydrogen-bond donors (Lipinski definition) is 2. The molecule has 0 aliphatic carbocycles. The third kappa shape index (κ3) is 2.70. The number of anilines is 2. The van der Waals surface area contributed by atoms with Crippen molar-refractivity contribution in [2.45, 2.75) is 43.7 Å². The third-order valence-electron chi connectivity index (χ3n) is 9.44. The van der Waals surface area contributed by atoms with Crippen LogP contribution in [0.2, 0.25) is 0 Å². The first kappa shape index (κ1) is 23.7. The molecular weight excluding hydrogens is 496 g/mol. The topological polar surface area (TPSA) is 122 Å². The molecule has 4 aliphatic heterocycles. The predicted octanol–water partition coefficient (Wildman–Crippen LogP) is 4.23. The van der Waals surface area contributed by atoms with E-state index in [1.165, 1.54) is 24.3 Å². The Bertz CT molecular complexity index is 1650. The van der Waals surface area contributed by atoms with Crippen LogP contribution in [0.25, 0.3) is 0 Å². The van der Waals surface area contributed by atoms with Crippen molar-refractivity contribution in [2.75, 3.05) is 17.2 Å². The molecule has 9 nitrogen and oxygen atoms in total. The Kier molecular flexibility index (Phi) is 4.76. The van der Waals surface area contributed by atoms with Gasteiger partial charge < -0.3 is 10.6 Å². The Morgan fingerprint density at radius 1 is 1.00 bits per heavy atom. The van der Waals surface area contributed by atoms with Crippen LogP contribution in [-0.4, -0.2) is 40.0 Å². The van der Waals surface area contributed by atoms with Crippen molar-refractivity contribution < 1.29 is 19.3 Å². The van der Waals surface area contributed by atoms with E-state index in [0.29, 0.717) is 35.5 Å². The molecule has 2 amide bonds. The number of nitro benzene ring substituents is 1. The van der Waals surface area contributed by atoms with Crippen molar-refractivity contribution in [1.82, 2.24) is 4.90 Å². The van der Waals surface area contributed by atoms with Crippen LogP contribution in [0, 0.1) is 29.9 Å². The van der Waals surface area contributed by atoms with Gasteiger partial charge in [0.2, 0.25) is 11.8 Å².